The fraction of sp³-hybridized carbons (Fsp3) is 0.667. The van der Waals surface area contributed by atoms with Crippen molar-refractivity contribution in [2.45, 2.75) is 45.3 Å². The maximum Gasteiger partial charge on any atom is 0.219 e. The van der Waals surface area contributed by atoms with Gasteiger partial charge >= 0.3 is 0 Å². The second-order valence-corrected chi connectivity index (χ2v) is 8.30. The summed E-state index contributed by atoms with van der Waals surface area (Å²) >= 11 is 0. The minimum Gasteiger partial charge on any atom is -0.485 e. The van der Waals surface area contributed by atoms with E-state index in [1.165, 1.54) is 12.0 Å². The molecule has 26 heavy (non-hydrogen) atoms. The average molecular weight is 358 g/mol. The van der Waals surface area contributed by atoms with Crippen LogP contribution in [-0.2, 0) is 16.1 Å². The summed E-state index contributed by atoms with van der Waals surface area (Å²) in [5, 5.41) is 0. The topological polar surface area (TPSA) is 42.0 Å². The molecule has 1 spiro atoms. The molecule has 1 aromatic rings. The number of aryl methyl sites for hydroxylation is 1. The lowest BCUT2D eigenvalue weighted by Gasteiger charge is -2.43. The van der Waals surface area contributed by atoms with Crippen molar-refractivity contribution in [3.8, 4) is 5.75 Å². The first kappa shape index (κ1) is 17.8. The Morgan fingerprint density at radius 2 is 2.12 bits per heavy atom. The number of fused-ring (bicyclic) bond motifs is 1. The Morgan fingerprint density at radius 3 is 2.81 bits per heavy atom. The molecule has 5 nitrogen and oxygen atoms in total. The quantitative estimate of drug-likeness (QED) is 0.815. The summed E-state index contributed by atoms with van der Waals surface area (Å²) in [6, 6.07) is 6.34. The van der Waals surface area contributed by atoms with Gasteiger partial charge in [0.1, 0.15) is 11.4 Å². The van der Waals surface area contributed by atoms with Gasteiger partial charge in [-0.2, -0.15) is 0 Å². The Bertz CT molecular complexity index is 661. The van der Waals surface area contributed by atoms with Crippen molar-refractivity contribution in [1.82, 2.24) is 9.80 Å². The number of hydrogen-bond acceptors (Lipinski definition) is 4. The summed E-state index contributed by atoms with van der Waals surface area (Å²) in [5.74, 6) is 1.77. The van der Waals surface area contributed by atoms with Gasteiger partial charge in [-0.3, -0.25) is 4.79 Å². The molecular weight excluding hydrogens is 328 g/mol. The third-order valence-electron chi connectivity index (χ3n) is 6.14. The smallest absolute Gasteiger partial charge is 0.219 e. The number of likely N-dealkylation sites (tertiary alicyclic amines) is 1. The first-order valence-electron chi connectivity index (χ1n) is 9.87. The lowest BCUT2D eigenvalue weighted by atomic mass is 9.89. The minimum atomic E-state index is -0.255. The molecule has 1 amide bonds. The number of rotatable bonds is 2. The number of ether oxygens (including phenoxy) is 2. The first-order valence-corrected chi connectivity index (χ1v) is 9.87. The molecule has 142 valence electrons. The standard InChI is InChI=1S/C21H30N2O3/c1-16-3-4-20-19(11-16)13-23(17(2)24)15-21(26-20)6-8-22(9-7-21)12-18-5-10-25-14-18/h3-4,11,18H,5-10,12-15H2,1-2H3/t18-/m1/s1. The van der Waals surface area contributed by atoms with Crippen molar-refractivity contribution in [2.75, 3.05) is 39.4 Å². The molecule has 0 bridgehead atoms. The number of nitrogens with zero attached hydrogens (tertiary/aromatic N) is 2. The van der Waals surface area contributed by atoms with Gasteiger partial charge < -0.3 is 19.3 Å². The van der Waals surface area contributed by atoms with Crippen molar-refractivity contribution in [2.24, 2.45) is 5.92 Å². The highest BCUT2D eigenvalue weighted by Crippen LogP contribution is 2.36. The summed E-state index contributed by atoms with van der Waals surface area (Å²) in [4.78, 5) is 16.7. The SMILES string of the molecule is CC(=O)N1Cc2cc(C)ccc2OC2(CCN(C[C@H]3CCOC3)CC2)C1. The van der Waals surface area contributed by atoms with Crippen LogP contribution < -0.4 is 4.74 Å². The van der Waals surface area contributed by atoms with E-state index in [-0.39, 0.29) is 11.5 Å². The molecule has 2 saturated heterocycles. The maximum absolute atomic E-state index is 12.2. The normalized spacial score (nSPS) is 25.6. The highest BCUT2D eigenvalue weighted by molar-refractivity contribution is 5.73. The second-order valence-electron chi connectivity index (χ2n) is 8.30. The zero-order valence-electron chi connectivity index (χ0n) is 16.0. The van der Waals surface area contributed by atoms with Crippen LogP contribution in [0.3, 0.4) is 0 Å². The van der Waals surface area contributed by atoms with E-state index in [0.29, 0.717) is 19.0 Å². The van der Waals surface area contributed by atoms with E-state index in [2.05, 4.69) is 30.0 Å². The van der Waals surface area contributed by atoms with Gasteiger partial charge in [-0.15, -0.1) is 0 Å². The molecule has 3 heterocycles. The molecule has 0 aliphatic carbocycles. The summed E-state index contributed by atoms with van der Waals surface area (Å²) in [7, 11) is 0. The molecule has 0 saturated carbocycles. The van der Waals surface area contributed by atoms with E-state index in [0.717, 1.165) is 57.0 Å². The largest absolute Gasteiger partial charge is 0.485 e. The van der Waals surface area contributed by atoms with Gasteiger partial charge in [0, 0.05) is 58.1 Å². The van der Waals surface area contributed by atoms with E-state index in [4.69, 9.17) is 9.47 Å². The zero-order chi connectivity index (χ0) is 18.1. The van der Waals surface area contributed by atoms with E-state index in [1.807, 2.05) is 4.90 Å². The molecule has 3 aliphatic rings. The molecule has 4 rings (SSSR count). The summed E-state index contributed by atoms with van der Waals surface area (Å²) in [6.45, 7) is 10.1. The number of hydrogen-bond donors (Lipinski definition) is 0. The molecule has 0 radical (unpaired) electrons. The van der Waals surface area contributed by atoms with Gasteiger partial charge in [-0.1, -0.05) is 17.7 Å². The number of amides is 1. The van der Waals surface area contributed by atoms with Crippen LogP contribution in [0.5, 0.6) is 5.75 Å². The molecule has 1 atom stereocenters. The Hall–Kier alpha value is -1.59. The molecule has 2 fully saturated rings. The van der Waals surface area contributed by atoms with Crippen molar-refractivity contribution in [1.29, 1.82) is 0 Å². The Kier molecular flexibility index (Phi) is 4.93. The Labute approximate surface area is 156 Å². The predicted molar refractivity (Wildman–Crippen MR) is 100 cm³/mol. The van der Waals surface area contributed by atoms with E-state index < -0.39 is 0 Å². The highest BCUT2D eigenvalue weighted by Gasteiger charge is 2.41. The van der Waals surface area contributed by atoms with Crippen molar-refractivity contribution >= 4 is 5.91 Å². The van der Waals surface area contributed by atoms with E-state index >= 15 is 0 Å². The van der Waals surface area contributed by atoms with Gasteiger partial charge in [0.05, 0.1) is 13.2 Å². The average Bonchev–Trinajstić information content (AvgIpc) is 3.06. The lowest BCUT2D eigenvalue weighted by Crippen LogP contribution is -2.54. The fourth-order valence-corrected chi connectivity index (χ4v) is 4.52. The maximum atomic E-state index is 12.2. The van der Waals surface area contributed by atoms with Crippen LogP contribution in [0.25, 0.3) is 0 Å². The Balaban J connectivity index is 1.49. The second kappa shape index (κ2) is 7.20. The molecule has 0 unspecified atom stereocenters. The molecule has 3 aliphatic heterocycles. The van der Waals surface area contributed by atoms with Crippen molar-refractivity contribution < 1.29 is 14.3 Å². The van der Waals surface area contributed by atoms with E-state index in [1.54, 1.807) is 6.92 Å². The molecule has 0 aromatic heterocycles. The fourth-order valence-electron chi connectivity index (χ4n) is 4.52. The number of piperidine rings is 1. The predicted octanol–water partition coefficient (Wildman–Crippen LogP) is 2.61. The zero-order valence-corrected chi connectivity index (χ0v) is 16.0. The molecule has 0 N–H and O–H groups in total. The van der Waals surface area contributed by atoms with Crippen LogP contribution in [-0.4, -0.2) is 60.7 Å². The van der Waals surface area contributed by atoms with Crippen LogP contribution >= 0.6 is 0 Å². The first-order chi connectivity index (χ1) is 12.5. The third-order valence-corrected chi connectivity index (χ3v) is 6.14. The van der Waals surface area contributed by atoms with Gasteiger partial charge in [-0.25, -0.2) is 0 Å². The highest BCUT2D eigenvalue weighted by atomic mass is 16.5. The van der Waals surface area contributed by atoms with Crippen LogP contribution in [0, 0.1) is 12.8 Å². The van der Waals surface area contributed by atoms with Crippen LogP contribution in [0.2, 0.25) is 0 Å². The summed E-state index contributed by atoms with van der Waals surface area (Å²) in [6.07, 6.45) is 3.12. The summed E-state index contributed by atoms with van der Waals surface area (Å²) < 4.78 is 12.1. The number of benzene rings is 1. The minimum absolute atomic E-state index is 0.132. The van der Waals surface area contributed by atoms with E-state index in [9.17, 15) is 4.79 Å². The summed E-state index contributed by atoms with van der Waals surface area (Å²) in [5.41, 5.74) is 2.08. The molecule has 1 aromatic carbocycles. The van der Waals surface area contributed by atoms with Crippen LogP contribution in [0.15, 0.2) is 18.2 Å². The van der Waals surface area contributed by atoms with Gasteiger partial charge in [0.2, 0.25) is 5.91 Å². The monoisotopic (exact) mass is 358 g/mol. The number of carbonyl (C=O) groups is 1. The lowest BCUT2D eigenvalue weighted by molar-refractivity contribution is -0.132. The van der Waals surface area contributed by atoms with Gasteiger partial charge in [0.25, 0.3) is 0 Å². The van der Waals surface area contributed by atoms with Crippen molar-refractivity contribution in [3.05, 3.63) is 29.3 Å². The molecule has 5 heteroatoms. The van der Waals surface area contributed by atoms with Crippen LogP contribution in [0.4, 0.5) is 0 Å². The van der Waals surface area contributed by atoms with Gasteiger partial charge in [-0.05, 0) is 25.3 Å². The van der Waals surface area contributed by atoms with Crippen molar-refractivity contribution in [3.63, 3.8) is 0 Å². The van der Waals surface area contributed by atoms with Gasteiger partial charge in [0.15, 0.2) is 0 Å². The Morgan fingerprint density at radius 1 is 1.31 bits per heavy atom. The molecular formula is C21H30N2O3. The third kappa shape index (κ3) is 3.74. The van der Waals surface area contributed by atoms with Crippen LogP contribution in [0.1, 0.15) is 37.3 Å². The number of carbonyl (C=O) groups excluding carboxylic acids is 1.